The monoisotopic (exact) mass is 232 g/mol. The minimum Gasteiger partial charge on any atom is -0.348 e. The Bertz CT molecular complexity index is 653. The summed E-state index contributed by atoms with van der Waals surface area (Å²) in [6, 6.07) is 17.2. The van der Waals surface area contributed by atoms with Crippen molar-refractivity contribution in [2.24, 2.45) is 0 Å². The van der Waals surface area contributed by atoms with Crippen LogP contribution in [0.4, 0.5) is 0 Å². The maximum atomic E-state index is 4.16. The number of rotatable bonds is 1. The Balaban J connectivity index is 2.04. The Hall–Kier alpha value is -2.35. The van der Waals surface area contributed by atoms with E-state index in [4.69, 9.17) is 0 Å². The lowest BCUT2D eigenvalue weighted by atomic mass is 9.94. The summed E-state index contributed by atoms with van der Waals surface area (Å²) in [7, 11) is 0. The number of nitrogens with one attached hydrogen (secondary N) is 1. The van der Waals surface area contributed by atoms with Gasteiger partial charge >= 0.3 is 0 Å². The van der Waals surface area contributed by atoms with Gasteiger partial charge in [0.2, 0.25) is 0 Å². The van der Waals surface area contributed by atoms with Gasteiger partial charge in [-0.2, -0.15) is 0 Å². The first-order valence-electron chi connectivity index (χ1n) is 6.11. The molecule has 0 aliphatic heterocycles. The highest BCUT2D eigenvalue weighted by Crippen LogP contribution is 2.46. The van der Waals surface area contributed by atoms with Gasteiger partial charge in [-0.1, -0.05) is 48.5 Å². The fourth-order valence-electron chi connectivity index (χ4n) is 2.92. The molecular weight excluding hydrogens is 220 g/mol. The van der Waals surface area contributed by atoms with Crippen molar-refractivity contribution in [1.82, 2.24) is 9.97 Å². The molecule has 0 radical (unpaired) electrons. The standard InChI is InChI=1S/C16H12N2/c1-3-7-13-11(5-1)12-6-2-4-8-14(12)16(13)15-9-17-10-18-15/h1-10,16H,(H,17,18). The highest BCUT2D eigenvalue weighted by atomic mass is 14.9. The molecule has 18 heavy (non-hydrogen) atoms. The van der Waals surface area contributed by atoms with Gasteiger partial charge in [0.05, 0.1) is 12.2 Å². The van der Waals surface area contributed by atoms with Crippen LogP contribution >= 0.6 is 0 Å². The molecule has 0 fully saturated rings. The summed E-state index contributed by atoms with van der Waals surface area (Å²) in [5, 5.41) is 0. The van der Waals surface area contributed by atoms with Crippen LogP contribution in [0.5, 0.6) is 0 Å². The zero-order valence-corrected chi connectivity index (χ0v) is 9.80. The average molecular weight is 232 g/mol. The molecule has 0 bridgehead atoms. The topological polar surface area (TPSA) is 28.7 Å². The van der Waals surface area contributed by atoms with Crippen LogP contribution in [0.2, 0.25) is 0 Å². The number of aromatic amines is 1. The third-order valence-corrected chi connectivity index (χ3v) is 3.66. The first-order valence-corrected chi connectivity index (χ1v) is 6.11. The van der Waals surface area contributed by atoms with Crippen molar-refractivity contribution >= 4 is 0 Å². The molecule has 2 heteroatoms. The van der Waals surface area contributed by atoms with E-state index in [-0.39, 0.29) is 0 Å². The lowest BCUT2D eigenvalue weighted by Crippen LogP contribution is -1.98. The minimum absolute atomic E-state index is 0.292. The maximum Gasteiger partial charge on any atom is 0.0922 e. The number of H-pyrrole nitrogens is 1. The SMILES string of the molecule is c1ccc2c(c1)-c1ccccc1C2c1cnc[nH]1. The van der Waals surface area contributed by atoms with E-state index in [1.54, 1.807) is 6.33 Å². The fourth-order valence-corrected chi connectivity index (χ4v) is 2.92. The molecule has 1 aliphatic rings. The van der Waals surface area contributed by atoms with Crippen molar-refractivity contribution in [2.75, 3.05) is 0 Å². The molecule has 1 heterocycles. The van der Waals surface area contributed by atoms with Crippen molar-refractivity contribution < 1.29 is 0 Å². The molecule has 0 unspecified atom stereocenters. The van der Waals surface area contributed by atoms with Crippen molar-refractivity contribution in [3.05, 3.63) is 77.9 Å². The van der Waals surface area contributed by atoms with Crippen LogP contribution < -0.4 is 0 Å². The molecule has 1 N–H and O–H groups in total. The quantitative estimate of drug-likeness (QED) is 0.534. The van der Waals surface area contributed by atoms with Crippen LogP contribution in [0.1, 0.15) is 22.7 Å². The molecule has 0 amide bonds. The van der Waals surface area contributed by atoms with Crippen molar-refractivity contribution in [1.29, 1.82) is 0 Å². The van der Waals surface area contributed by atoms with Crippen LogP contribution in [0.15, 0.2) is 61.1 Å². The Labute approximate surface area is 105 Å². The Morgan fingerprint density at radius 3 is 2.00 bits per heavy atom. The number of imidazole rings is 1. The smallest absolute Gasteiger partial charge is 0.0922 e. The van der Waals surface area contributed by atoms with Crippen molar-refractivity contribution in [3.8, 4) is 11.1 Å². The minimum atomic E-state index is 0.292. The predicted octanol–water partition coefficient (Wildman–Crippen LogP) is 3.57. The maximum absolute atomic E-state index is 4.16. The Kier molecular flexibility index (Phi) is 1.92. The summed E-state index contributed by atoms with van der Waals surface area (Å²) in [5.41, 5.74) is 6.57. The lowest BCUT2D eigenvalue weighted by molar-refractivity contribution is 0.963. The molecular formula is C16H12N2. The van der Waals surface area contributed by atoms with Gasteiger partial charge in [0, 0.05) is 11.9 Å². The lowest BCUT2D eigenvalue weighted by Gasteiger charge is -2.10. The van der Waals surface area contributed by atoms with Gasteiger partial charge in [0.25, 0.3) is 0 Å². The zero-order valence-electron chi connectivity index (χ0n) is 9.80. The second-order valence-electron chi connectivity index (χ2n) is 4.61. The van der Waals surface area contributed by atoms with Crippen LogP contribution in [0, 0.1) is 0 Å². The van der Waals surface area contributed by atoms with Crippen LogP contribution in [0.3, 0.4) is 0 Å². The molecule has 3 aromatic rings. The second kappa shape index (κ2) is 3.57. The summed E-state index contributed by atoms with van der Waals surface area (Å²) >= 11 is 0. The predicted molar refractivity (Wildman–Crippen MR) is 71.4 cm³/mol. The fraction of sp³-hybridized carbons (Fsp3) is 0.0625. The molecule has 4 rings (SSSR count). The Morgan fingerprint density at radius 2 is 1.44 bits per heavy atom. The Morgan fingerprint density at radius 1 is 0.833 bits per heavy atom. The molecule has 2 aromatic carbocycles. The average Bonchev–Trinajstić information content (AvgIpc) is 3.03. The number of hydrogen-bond acceptors (Lipinski definition) is 1. The summed E-state index contributed by atoms with van der Waals surface area (Å²) in [5.74, 6) is 0.292. The van der Waals surface area contributed by atoms with E-state index >= 15 is 0 Å². The van der Waals surface area contributed by atoms with Gasteiger partial charge in [-0.3, -0.25) is 0 Å². The van der Waals surface area contributed by atoms with E-state index in [2.05, 4.69) is 58.5 Å². The second-order valence-corrected chi connectivity index (χ2v) is 4.61. The third kappa shape index (κ3) is 1.20. The van der Waals surface area contributed by atoms with Gasteiger partial charge in [0.15, 0.2) is 0 Å². The van der Waals surface area contributed by atoms with E-state index < -0.39 is 0 Å². The number of nitrogens with zero attached hydrogens (tertiary/aromatic N) is 1. The summed E-state index contributed by atoms with van der Waals surface area (Å²) < 4.78 is 0. The number of fused-ring (bicyclic) bond motifs is 3. The van der Waals surface area contributed by atoms with E-state index in [9.17, 15) is 0 Å². The van der Waals surface area contributed by atoms with Gasteiger partial charge < -0.3 is 4.98 Å². The largest absolute Gasteiger partial charge is 0.348 e. The zero-order chi connectivity index (χ0) is 11.9. The third-order valence-electron chi connectivity index (χ3n) is 3.66. The number of aromatic nitrogens is 2. The number of benzene rings is 2. The summed E-state index contributed by atoms with van der Waals surface area (Å²) in [6.07, 6.45) is 3.67. The summed E-state index contributed by atoms with van der Waals surface area (Å²) in [6.45, 7) is 0. The summed E-state index contributed by atoms with van der Waals surface area (Å²) in [4.78, 5) is 7.41. The normalized spacial score (nSPS) is 13.3. The first-order chi connectivity index (χ1) is 8.95. The molecule has 1 aromatic heterocycles. The number of hydrogen-bond donors (Lipinski definition) is 1. The molecule has 0 saturated heterocycles. The van der Waals surface area contributed by atoms with E-state index in [1.807, 2.05) is 6.20 Å². The van der Waals surface area contributed by atoms with Gasteiger partial charge in [-0.05, 0) is 22.3 Å². The first kappa shape index (κ1) is 9.66. The van der Waals surface area contributed by atoms with E-state index in [1.165, 1.54) is 22.3 Å². The van der Waals surface area contributed by atoms with Crippen LogP contribution in [0.25, 0.3) is 11.1 Å². The highest BCUT2D eigenvalue weighted by molar-refractivity contribution is 5.80. The molecule has 0 saturated carbocycles. The van der Waals surface area contributed by atoms with Crippen molar-refractivity contribution in [3.63, 3.8) is 0 Å². The highest BCUT2D eigenvalue weighted by Gasteiger charge is 2.29. The van der Waals surface area contributed by atoms with Crippen LogP contribution in [-0.4, -0.2) is 9.97 Å². The van der Waals surface area contributed by atoms with Gasteiger partial charge in [-0.25, -0.2) is 4.98 Å². The van der Waals surface area contributed by atoms with Gasteiger partial charge in [-0.15, -0.1) is 0 Å². The van der Waals surface area contributed by atoms with Crippen molar-refractivity contribution in [2.45, 2.75) is 5.92 Å². The molecule has 86 valence electrons. The van der Waals surface area contributed by atoms with E-state index in [0.29, 0.717) is 5.92 Å². The molecule has 2 nitrogen and oxygen atoms in total. The van der Waals surface area contributed by atoms with E-state index in [0.717, 1.165) is 5.69 Å². The van der Waals surface area contributed by atoms with Gasteiger partial charge in [0.1, 0.15) is 0 Å². The molecule has 1 aliphatic carbocycles. The van der Waals surface area contributed by atoms with Crippen LogP contribution in [-0.2, 0) is 0 Å². The molecule has 0 spiro atoms. The molecule has 0 atom stereocenters.